The Kier molecular flexibility index (Phi) is 5.30. The molecule has 0 atom stereocenters. The minimum Gasteiger partial charge on any atom is -0.456 e. The number of hydrogen-bond acceptors (Lipinski definition) is 2. The maximum Gasteiger partial charge on any atom is 0.137 e. The molecule has 0 unspecified atom stereocenters. The van der Waals surface area contributed by atoms with Gasteiger partial charge in [0.2, 0.25) is 0 Å². The molecule has 1 heterocycles. The Bertz CT molecular complexity index is 1890. The van der Waals surface area contributed by atoms with E-state index in [-0.39, 0.29) is 0 Å². The Morgan fingerprint density at radius 1 is 0.459 bits per heavy atom. The van der Waals surface area contributed by atoms with E-state index in [9.17, 15) is 0 Å². The van der Waals surface area contributed by atoms with Crippen LogP contribution in [0, 0.1) is 0 Å². The Morgan fingerprint density at radius 2 is 1.05 bits per heavy atom. The van der Waals surface area contributed by atoms with Gasteiger partial charge in [0, 0.05) is 38.4 Å². The van der Waals surface area contributed by atoms with Crippen molar-refractivity contribution in [2.75, 3.05) is 4.90 Å². The predicted molar refractivity (Wildman–Crippen MR) is 159 cm³/mol. The van der Waals surface area contributed by atoms with Gasteiger partial charge in [0.05, 0.1) is 0 Å². The van der Waals surface area contributed by atoms with E-state index < -0.39 is 0 Å². The van der Waals surface area contributed by atoms with Crippen molar-refractivity contribution in [2.45, 2.75) is 0 Å². The van der Waals surface area contributed by atoms with Crippen molar-refractivity contribution in [1.82, 2.24) is 0 Å². The Morgan fingerprint density at radius 3 is 1.86 bits per heavy atom. The van der Waals surface area contributed by atoms with Crippen molar-refractivity contribution in [1.29, 1.82) is 0 Å². The van der Waals surface area contributed by atoms with Gasteiger partial charge in [0.1, 0.15) is 11.2 Å². The normalized spacial score (nSPS) is 11.4. The lowest BCUT2D eigenvalue weighted by atomic mass is 10.0. The Balaban J connectivity index is 1.39. The fourth-order valence-corrected chi connectivity index (χ4v) is 5.42. The number of rotatable bonds is 4. The molecular weight excluding hydrogens is 518 g/mol. The van der Waals surface area contributed by atoms with Crippen molar-refractivity contribution in [3.05, 3.63) is 138 Å². The van der Waals surface area contributed by atoms with E-state index in [0.29, 0.717) is 0 Å². The highest BCUT2D eigenvalue weighted by Gasteiger charge is 2.16. The molecule has 0 aliphatic heterocycles. The smallest absolute Gasteiger partial charge is 0.137 e. The van der Waals surface area contributed by atoms with Crippen LogP contribution < -0.4 is 4.90 Å². The third-order valence-electron chi connectivity index (χ3n) is 6.90. The molecule has 0 saturated heterocycles. The first-order valence-electron chi connectivity index (χ1n) is 12.3. The molecule has 0 aliphatic carbocycles. The lowest BCUT2D eigenvalue weighted by Crippen LogP contribution is -2.09. The number of anilines is 3. The zero-order valence-electron chi connectivity index (χ0n) is 19.9. The molecule has 6 aromatic carbocycles. The summed E-state index contributed by atoms with van der Waals surface area (Å²) in [6.45, 7) is 0. The van der Waals surface area contributed by atoms with Gasteiger partial charge >= 0.3 is 0 Å². The van der Waals surface area contributed by atoms with Crippen LogP contribution in [-0.4, -0.2) is 0 Å². The highest BCUT2D eigenvalue weighted by molar-refractivity contribution is 9.10. The number of furan rings is 1. The van der Waals surface area contributed by atoms with Crippen LogP contribution in [-0.2, 0) is 0 Å². The van der Waals surface area contributed by atoms with E-state index in [1.165, 1.54) is 21.9 Å². The Labute approximate surface area is 223 Å². The second-order valence-corrected chi connectivity index (χ2v) is 10.1. The number of benzene rings is 6. The lowest BCUT2D eigenvalue weighted by Gasteiger charge is -2.26. The molecule has 7 rings (SSSR count). The largest absolute Gasteiger partial charge is 0.456 e. The fraction of sp³-hybridized carbons (Fsp3) is 0. The van der Waals surface area contributed by atoms with Gasteiger partial charge in [-0.1, -0.05) is 88.7 Å². The van der Waals surface area contributed by atoms with Crippen LogP contribution in [0.4, 0.5) is 17.1 Å². The zero-order chi connectivity index (χ0) is 24.8. The first kappa shape index (κ1) is 21.9. The molecular formula is C34H22BrNO. The second-order valence-electron chi connectivity index (χ2n) is 9.20. The summed E-state index contributed by atoms with van der Waals surface area (Å²) in [4.78, 5) is 2.30. The fourth-order valence-electron chi connectivity index (χ4n) is 5.08. The average Bonchev–Trinajstić information content (AvgIpc) is 3.31. The summed E-state index contributed by atoms with van der Waals surface area (Å²) in [6.07, 6.45) is 0. The van der Waals surface area contributed by atoms with Crippen molar-refractivity contribution < 1.29 is 4.42 Å². The number of fused-ring (bicyclic) bond motifs is 4. The van der Waals surface area contributed by atoms with Crippen molar-refractivity contribution >= 4 is 65.7 Å². The summed E-state index contributed by atoms with van der Waals surface area (Å²) in [5, 5.41) is 4.67. The minimum atomic E-state index is 0.872. The van der Waals surface area contributed by atoms with Crippen molar-refractivity contribution in [3.8, 4) is 11.1 Å². The van der Waals surface area contributed by atoms with Crippen LogP contribution >= 0.6 is 15.9 Å². The third-order valence-corrected chi connectivity index (χ3v) is 7.39. The molecule has 0 radical (unpaired) electrons. The van der Waals surface area contributed by atoms with Crippen molar-refractivity contribution in [2.24, 2.45) is 0 Å². The quantitative estimate of drug-likeness (QED) is 0.221. The van der Waals surface area contributed by atoms with E-state index in [1.807, 2.05) is 12.1 Å². The molecule has 7 aromatic rings. The van der Waals surface area contributed by atoms with E-state index in [4.69, 9.17) is 4.42 Å². The van der Waals surface area contributed by atoms with E-state index in [0.717, 1.165) is 43.5 Å². The average molecular weight is 540 g/mol. The van der Waals surface area contributed by atoms with E-state index >= 15 is 0 Å². The standard InChI is InChI=1S/C34H22BrNO/c35-27-13-18-31-32-19-17-30(22-34(32)37-33(31)21-27)36(29-16-12-24-8-4-5-9-26(24)20-29)28-14-10-25(11-15-28)23-6-2-1-3-7-23/h1-22H. The first-order chi connectivity index (χ1) is 18.2. The monoisotopic (exact) mass is 539 g/mol. The highest BCUT2D eigenvalue weighted by Crippen LogP contribution is 2.40. The molecule has 0 amide bonds. The SMILES string of the molecule is Brc1ccc2c(c1)oc1cc(N(c3ccc(-c4ccccc4)cc3)c3ccc4ccccc4c3)ccc12. The summed E-state index contributed by atoms with van der Waals surface area (Å²) < 4.78 is 7.30. The topological polar surface area (TPSA) is 16.4 Å². The summed E-state index contributed by atoms with van der Waals surface area (Å²) >= 11 is 3.56. The molecule has 0 N–H and O–H groups in total. The van der Waals surface area contributed by atoms with Crippen LogP contribution in [0.1, 0.15) is 0 Å². The number of hydrogen-bond donors (Lipinski definition) is 0. The molecule has 1 aromatic heterocycles. The molecule has 176 valence electrons. The Hall–Kier alpha value is -4.34. The van der Waals surface area contributed by atoms with Crippen LogP contribution in [0.2, 0.25) is 0 Å². The molecule has 3 heteroatoms. The van der Waals surface area contributed by atoms with Gasteiger partial charge < -0.3 is 9.32 Å². The predicted octanol–water partition coefficient (Wildman–Crippen LogP) is 10.6. The van der Waals surface area contributed by atoms with Gasteiger partial charge in [0.25, 0.3) is 0 Å². The van der Waals surface area contributed by atoms with E-state index in [2.05, 4.69) is 142 Å². The molecule has 0 spiro atoms. The molecule has 37 heavy (non-hydrogen) atoms. The van der Waals surface area contributed by atoms with Crippen LogP contribution in [0.3, 0.4) is 0 Å². The van der Waals surface area contributed by atoms with E-state index in [1.54, 1.807) is 0 Å². The first-order valence-corrected chi connectivity index (χ1v) is 13.1. The maximum atomic E-state index is 6.29. The summed E-state index contributed by atoms with van der Waals surface area (Å²) in [5.74, 6) is 0. The van der Waals surface area contributed by atoms with Gasteiger partial charge in [-0.25, -0.2) is 0 Å². The molecule has 0 bridgehead atoms. The molecule has 0 fully saturated rings. The molecule has 0 aliphatic rings. The number of nitrogens with zero attached hydrogens (tertiary/aromatic N) is 1. The summed E-state index contributed by atoms with van der Waals surface area (Å²) in [5.41, 5.74) is 7.40. The minimum absolute atomic E-state index is 0.872. The van der Waals surface area contributed by atoms with Gasteiger partial charge in [-0.15, -0.1) is 0 Å². The summed E-state index contributed by atoms with van der Waals surface area (Å²) in [7, 11) is 0. The lowest BCUT2D eigenvalue weighted by molar-refractivity contribution is 0.668. The van der Waals surface area contributed by atoms with Crippen LogP contribution in [0.15, 0.2) is 142 Å². The zero-order valence-corrected chi connectivity index (χ0v) is 21.5. The van der Waals surface area contributed by atoms with Crippen LogP contribution in [0.5, 0.6) is 0 Å². The maximum absolute atomic E-state index is 6.29. The van der Waals surface area contributed by atoms with Gasteiger partial charge in [-0.2, -0.15) is 0 Å². The molecule has 2 nitrogen and oxygen atoms in total. The van der Waals surface area contributed by atoms with Crippen molar-refractivity contribution in [3.63, 3.8) is 0 Å². The van der Waals surface area contributed by atoms with Gasteiger partial charge in [0.15, 0.2) is 0 Å². The summed E-state index contributed by atoms with van der Waals surface area (Å²) in [6, 6.07) is 47.0. The second kappa shape index (κ2) is 8.95. The number of halogens is 1. The van der Waals surface area contributed by atoms with Crippen LogP contribution in [0.25, 0.3) is 43.8 Å². The van der Waals surface area contributed by atoms with Gasteiger partial charge in [-0.3, -0.25) is 0 Å². The third kappa shape index (κ3) is 3.98. The highest BCUT2D eigenvalue weighted by atomic mass is 79.9. The van der Waals surface area contributed by atoms with Gasteiger partial charge in [-0.05, 0) is 76.5 Å². The molecule has 0 saturated carbocycles.